The van der Waals surface area contributed by atoms with E-state index in [2.05, 4.69) is 5.32 Å². The normalized spacial score (nSPS) is 18.5. The van der Waals surface area contributed by atoms with Crippen molar-refractivity contribution < 1.29 is 9.53 Å². The smallest absolute Gasteiger partial charge is 0.223 e. The third-order valence-corrected chi connectivity index (χ3v) is 2.47. The lowest BCUT2D eigenvalue weighted by Crippen LogP contribution is -2.34. The van der Waals surface area contributed by atoms with Crippen LogP contribution < -0.4 is 5.32 Å². The number of ether oxygens (including phenoxy) is 1. The maximum atomic E-state index is 11.5. The van der Waals surface area contributed by atoms with Crippen molar-refractivity contribution in [3.63, 3.8) is 0 Å². The fraction of sp³-hybridized carbons (Fsp3) is 0.889. The lowest BCUT2D eigenvalue weighted by atomic mass is 9.99. The van der Waals surface area contributed by atoms with Crippen molar-refractivity contribution in [1.82, 2.24) is 5.32 Å². The highest BCUT2D eigenvalue weighted by Gasteiger charge is 2.20. The van der Waals surface area contributed by atoms with E-state index in [9.17, 15) is 4.79 Å². The van der Waals surface area contributed by atoms with Crippen LogP contribution in [0.3, 0.4) is 0 Å². The zero-order valence-electron chi connectivity index (χ0n) is 7.72. The first-order valence-electron chi connectivity index (χ1n) is 4.76. The molecule has 1 aliphatic heterocycles. The summed E-state index contributed by atoms with van der Waals surface area (Å²) in [5, 5.41) is 2.87. The third kappa shape index (κ3) is 3.96. The van der Waals surface area contributed by atoms with E-state index in [0.717, 1.165) is 19.3 Å². The molecular formula is C9H16ClNO2. The first-order valence-corrected chi connectivity index (χ1v) is 5.29. The number of carbonyl (C=O) groups is 1. The van der Waals surface area contributed by atoms with Crippen molar-refractivity contribution in [2.45, 2.75) is 19.3 Å². The van der Waals surface area contributed by atoms with Crippen LogP contribution in [0.15, 0.2) is 0 Å². The van der Waals surface area contributed by atoms with Crippen LogP contribution in [-0.4, -0.2) is 31.5 Å². The van der Waals surface area contributed by atoms with Gasteiger partial charge in [-0.3, -0.25) is 4.79 Å². The molecule has 76 valence electrons. The Bertz CT molecular complexity index is 158. The van der Waals surface area contributed by atoms with Gasteiger partial charge in [0, 0.05) is 31.6 Å². The standard InChI is InChI=1S/C9H16ClNO2/c10-4-1-5-11-9(12)8-2-6-13-7-3-8/h8H,1-7H2,(H,11,12). The predicted octanol–water partition coefficient (Wildman–Crippen LogP) is 1.16. The molecule has 13 heavy (non-hydrogen) atoms. The van der Waals surface area contributed by atoms with Crippen molar-refractivity contribution in [3.8, 4) is 0 Å². The second-order valence-corrected chi connectivity index (χ2v) is 3.60. The Labute approximate surface area is 83.8 Å². The molecule has 4 heteroatoms. The monoisotopic (exact) mass is 205 g/mol. The average Bonchev–Trinajstić information content (AvgIpc) is 2.19. The number of alkyl halides is 1. The zero-order chi connectivity index (χ0) is 9.52. The molecule has 0 saturated carbocycles. The van der Waals surface area contributed by atoms with Crippen LogP contribution in [0.25, 0.3) is 0 Å². The molecule has 1 saturated heterocycles. The molecule has 0 bridgehead atoms. The first-order chi connectivity index (χ1) is 6.34. The number of hydrogen-bond acceptors (Lipinski definition) is 2. The molecule has 1 N–H and O–H groups in total. The minimum Gasteiger partial charge on any atom is -0.381 e. The first kappa shape index (κ1) is 10.8. The van der Waals surface area contributed by atoms with Gasteiger partial charge >= 0.3 is 0 Å². The van der Waals surface area contributed by atoms with Gasteiger partial charge in [0.05, 0.1) is 0 Å². The molecule has 1 aliphatic rings. The summed E-state index contributed by atoms with van der Waals surface area (Å²) in [4.78, 5) is 11.5. The summed E-state index contributed by atoms with van der Waals surface area (Å²) >= 11 is 5.50. The molecule has 1 fully saturated rings. The van der Waals surface area contributed by atoms with E-state index in [-0.39, 0.29) is 11.8 Å². The molecule has 0 atom stereocenters. The minimum absolute atomic E-state index is 0.157. The Morgan fingerprint density at radius 2 is 2.15 bits per heavy atom. The number of hydrogen-bond donors (Lipinski definition) is 1. The van der Waals surface area contributed by atoms with Crippen LogP contribution in [0.5, 0.6) is 0 Å². The molecular weight excluding hydrogens is 190 g/mol. The lowest BCUT2D eigenvalue weighted by Gasteiger charge is -2.20. The van der Waals surface area contributed by atoms with Gasteiger partial charge in [0.15, 0.2) is 0 Å². The van der Waals surface area contributed by atoms with Gasteiger partial charge in [-0.05, 0) is 19.3 Å². The molecule has 0 aromatic heterocycles. The largest absolute Gasteiger partial charge is 0.381 e. The molecule has 0 unspecified atom stereocenters. The summed E-state index contributed by atoms with van der Waals surface area (Å²) in [6.07, 6.45) is 2.55. The van der Waals surface area contributed by atoms with Crippen molar-refractivity contribution in [1.29, 1.82) is 0 Å². The van der Waals surface area contributed by atoms with Crippen molar-refractivity contribution in [2.75, 3.05) is 25.6 Å². The Hall–Kier alpha value is -0.280. The van der Waals surface area contributed by atoms with E-state index in [1.54, 1.807) is 0 Å². The Morgan fingerprint density at radius 3 is 2.77 bits per heavy atom. The van der Waals surface area contributed by atoms with Crippen molar-refractivity contribution >= 4 is 17.5 Å². The summed E-state index contributed by atoms with van der Waals surface area (Å²) in [5.41, 5.74) is 0. The summed E-state index contributed by atoms with van der Waals surface area (Å²) < 4.78 is 5.17. The van der Waals surface area contributed by atoms with E-state index in [0.29, 0.717) is 25.6 Å². The van der Waals surface area contributed by atoms with Gasteiger partial charge in [0.25, 0.3) is 0 Å². The van der Waals surface area contributed by atoms with Crippen LogP contribution in [0.2, 0.25) is 0 Å². The van der Waals surface area contributed by atoms with Crippen molar-refractivity contribution in [3.05, 3.63) is 0 Å². The van der Waals surface area contributed by atoms with Crippen LogP contribution in [0.4, 0.5) is 0 Å². The average molecular weight is 206 g/mol. The van der Waals surface area contributed by atoms with Gasteiger partial charge in [0.1, 0.15) is 0 Å². The Kier molecular flexibility index (Phi) is 5.16. The molecule has 0 aliphatic carbocycles. The third-order valence-electron chi connectivity index (χ3n) is 2.20. The van der Waals surface area contributed by atoms with E-state index < -0.39 is 0 Å². The summed E-state index contributed by atoms with van der Waals surface area (Å²) in [7, 11) is 0. The maximum Gasteiger partial charge on any atom is 0.223 e. The van der Waals surface area contributed by atoms with Gasteiger partial charge in [-0.15, -0.1) is 11.6 Å². The van der Waals surface area contributed by atoms with Crippen LogP contribution >= 0.6 is 11.6 Å². The highest BCUT2D eigenvalue weighted by atomic mass is 35.5. The highest BCUT2D eigenvalue weighted by Crippen LogP contribution is 2.14. The number of halogens is 1. The molecule has 0 aromatic carbocycles. The fourth-order valence-corrected chi connectivity index (χ4v) is 1.52. The highest BCUT2D eigenvalue weighted by molar-refractivity contribution is 6.17. The van der Waals surface area contributed by atoms with Gasteiger partial charge in [0.2, 0.25) is 5.91 Å². The fourth-order valence-electron chi connectivity index (χ4n) is 1.38. The second kappa shape index (κ2) is 6.22. The van der Waals surface area contributed by atoms with Gasteiger partial charge < -0.3 is 10.1 Å². The minimum atomic E-state index is 0.157. The number of carbonyl (C=O) groups excluding carboxylic acids is 1. The predicted molar refractivity (Wildman–Crippen MR) is 51.9 cm³/mol. The van der Waals surface area contributed by atoms with Crippen LogP contribution in [-0.2, 0) is 9.53 Å². The van der Waals surface area contributed by atoms with E-state index >= 15 is 0 Å². The number of nitrogens with one attached hydrogen (secondary N) is 1. The molecule has 0 spiro atoms. The Morgan fingerprint density at radius 1 is 1.46 bits per heavy atom. The zero-order valence-corrected chi connectivity index (χ0v) is 8.48. The van der Waals surface area contributed by atoms with Crippen molar-refractivity contribution in [2.24, 2.45) is 5.92 Å². The van der Waals surface area contributed by atoms with Crippen LogP contribution in [0.1, 0.15) is 19.3 Å². The molecule has 1 rings (SSSR count). The van der Waals surface area contributed by atoms with Gasteiger partial charge in [-0.2, -0.15) is 0 Å². The van der Waals surface area contributed by atoms with E-state index in [4.69, 9.17) is 16.3 Å². The molecule has 1 heterocycles. The maximum absolute atomic E-state index is 11.5. The lowest BCUT2D eigenvalue weighted by molar-refractivity contribution is -0.127. The van der Waals surface area contributed by atoms with E-state index in [1.807, 2.05) is 0 Å². The molecule has 1 amide bonds. The van der Waals surface area contributed by atoms with Crippen LogP contribution in [0, 0.1) is 5.92 Å². The second-order valence-electron chi connectivity index (χ2n) is 3.22. The summed E-state index contributed by atoms with van der Waals surface area (Å²) in [6.45, 7) is 2.13. The number of rotatable bonds is 4. The molecule has 0 radical (unpaired) electrons. The topological polar surface area (TPSA) is 38.3 Å². The quantitative estimate of drug-likeness (QED) is 0.553. The summed E-state index contributed by atoms with van der Waals surface area (Å²) in [5.74, 6) is 0.922. The number of amides is 1. The van der Waals surface area contributed by atoms with Gasteiger partial charge in [-0.1, -0.05) is 0 Å². The molecule has 3 nitrogen and oxygen atoms in total. The Balaban J connectivity index is 2.13. The summed E-state index contributed by atoms with van der Waals surface area (Å²) in [6, 6.07) is 0. The van der Waals surface area contributed by atoms with Gasteiger partial charge in [-0.25, -0.2) is 0 Å². The SMILES string of the molecule is O=C(NCCCCl)C1CCOCC1. The molecule has 0 aromatic rings. The van der Waals surface area contributed by atoms with E-state index in [1.165, 1.54) is 0 Å².